The fraction of sp³-hybridized carbons (Fsp3) is 0.353. The summed E-state index contributed by atoms with van der Waals surface area (Å²) in [6, 6.07) is 0. The largest absolute Gasteiger partial charge is 0.422 e. The summed E-state index contributed by atoms with van der Waals surface area (Å²) in [4.78, 5) is 0. The molecule has 2 saturated carbocycles. The van der Waals surface area contributed by atoms with Crippen molar-refractivity contribution in [2.75, 3.05) is 0 Å². The lowest BCUT2D eigenvalue weighted by atomic mass is 9.93. The van der Waals surface area contributed by atoms with Crippen molar-refractivity contribution >= 4 is 11.1 Å². The molecule has 5 rings (SSSR count). The molecule has 0 radical (unpaired) electrons. The standard InChI is InChI=1S/C34H11F27/c1-4(7-13(29(44,45)46)22(38)16(32(53,54)55)25(41)19(7)35)10-11(5(2)8-14(30(47,48)49)23(39)17(33(56,57)58)26(42)20(8)36)28(10)6(3)12(28)9-15(31(50,51)52)24(40)18(34(59,60)61)27(43)21(9)37/h6,12H,1-3H3/b10-4-,11-5+. The van der Waals surface area contributed by atoms with Crippen LogP contribution in [0.3, 0.4) is 0 Å². The van der Waals surface area contributed by atoms with E-state index in [9.17, 15) is 92.2 Å². The van der Waals surface area contributed by atoms with Gasteiger partial charge in [0.25, 0.3) is 0 Å². The Morgan fingerprint density at radius 2 is 0.590 bits per heavy atom. The van der Waals surface area contributed by atoms with E-state index in [-0.39, 0.29) is 13.8 Å². The Morgan fingerprint density at radius 1 is 0.344 bits per heavy atom. The van der Waals surface area contributed by atoms with Crippen LogP contribution in [0.5, 0.6) is 0 Å². The van der Waals surface area contributed by atoms with E-state index < -0.39 is 179 Å². The molecule has 2 fully saturated rings. The Labute approximate surface area is 318 Å². The van der Waals surface area contributed by atoms with E-state index in [0.29, 0.717) is 6.92 Å². The second-order valence-electron chi connectivity index (χ2n) is 13.4. The van der Waals surface area contributed by atoms with Gasteiger partial charge in [-0.25, -0.2) is 39.5 Å². The molecule has 3 atom stereocenters. The van der Waals surface area contributed by atoms with Gasteiger partial charge in [-0.3, -0.25) is 0 Å². The van der Waals surface area contributed by atoms with Crippen molar-refractivity contribution in [3.8, 4) is 0 Å². The molecule has 3 unspecified atom stereocenters. The summed E-state index contributed by atoms with van der Waals surface area (Å²) in [6.45, 7) is 0.279. The van der Waals surface area contributed by atoms with Crippen molar-refractivity contribution in [2.45, 2.75) is 63.7 Å². The molecule has 0 saturated heterocycles. The third-order valence-electron chi connectivity index (χ3n) is 10.1. The molecule has 0 nitrogen and oxygen atoms in total. The smallest absolute Gasteiger partial charge is 0.206 e. The fourth-order valence-corrected chi connectivity index (χ4v) is 7.91. The van der Waals surface area contributed by atoms with E-state index >= 15 is 26.3 Å². The minimum Gasteiger partial charge on any atom is -0.206 e. The molecule has 0 aromatic heterocycles. The van der Waals surface area contributed by atoms with Crippen LogP contribution in [0.25, 0.3) is 11.1 Å². The number of hydrogen-bond acceptors (Lipinski definition) is 0. The average molecular weight is 932 g/mol. The highest BCUT2D eigenvalue weighted by Gasteiger charge is 2.80. The van der Waals surface area contributed by atoms with Crippen molar-refractivity contribution in [2.24, 2.45) is 11.3 Å². The van der Waals surface area contributed by atoms with Crippen molar-refractivity contribution < 1.29 is 119 Å². The number of alkyl halides is 18. The summed E-state index contributed by atoms with van der Waals surface area (Å²) < 4.78 is 386. The summed E-state index contributed by atoms with van der Waals surface area (Å²) >= 11 is 0. The van der Waals surface area contributed by atoms with E-state index in [0.717, 1.165) is 0 Å². The van der Waals surface area contributed by atoms with Crippen LogP contribution in [0, 0.1) is 63.7 Å². The molecule has 0 aliphatic heterocycles. The highest BCUT2D eigenvalue weighted by atomic mass is 19.4. The maximum absolute atomic E-state index is 15.6. The monoisotopic (exact) mass is 932 g/mol. The third-order valence-corrected chi connectivity index (χ3v) is 10.1. The van der Waals surface area contributed by atoms with Gasteiger partial charge >= 0.3 is 37.1 Å². The minimum atomic E-state index is -6.63. The molecule has 0 bridgehead atoms. The highest BCUT2D eigenvalue weighted by Crippen LogP contribution is 2.88. The van der Waals surface area contributed by atoms with Crippen LogP contribution in [0.15, 0.2) is 11.1 Å². The van der Waals surface area contributed by atoms with Crippen LogP contribution < -0.4 is 0 Å². The van der Waals surface area contributed by atoms with Gasteiger partial charge in [0.1, 0.15) is 27.8 Å². The second kappa shape index (κ2) is 13.6. The zero-order valence-corrected chi connectivity index (χ0v) is 28.9. The van der Waals surface area contributed by atoms with Crippen LogP contribution in [-0.2, 0) is 37.1 Å². The quantitative estimate of drug-likeness (QED) is 0.181. The van der Waals surface area contributed by atoms with Gasteiger partial charge < -0.3 is 0 Å². The van der Waals surface area contributed by atoms with Crippen molar-refractivity contribution in [1.29, 1.82) is 0 Å². The molecule has 3 aromatic rings. The highest BCUT2D eigenvalue weighted by molar-refractivity contribution is 5.96. The SMILES string of the molecule is C/C(=C1/C(=C(\C)c2c(F)c(F)c(C(F)(F)F)c(F)c2C(F)(F)F)C12C(C)C2c1c(F)c(F)c(C(F)(F)F)c(F)c1C(F)(F)F)c1c(F)c(F)c(C(F)(F)F)c(F)c1C(F)(F)F. The van der Waals surface area contributed by atoms with Gasteiger partial charge in [0.2, 0.25) is 0 Å². The summed E-state index contributed by atoms with van der Waals surface area (Å²) in [7, 11) is 0. The van der Waals surface area contributed by atoms with Crippen molar-refractivity contribution in [3.05, 3.63) is 114 Å². The van der Waals surface area contributed by atoms with Crippen LogP contribution in [0.4, 0.5) is 119 Å². The summed E-state index contributed by atoms with van der Waals surface area (Å²) in [6.07, 6.45) is -39.4. The van der Waals surface area contributed by atoms with Crippen LogP contribution >= 0.6 is 0 Å². The first-order chi connectivity index (χ1) is 27.1. The van der Waals surface area contributed by atoms with E-state index in [4.69, 9.17) is 0 Å². The van der Waals surface area contributed by atoms with Gasteiger partial charge in [0.05, 0.1) is 5.56 Å². The van der Waals surface area contributed by atoms with Gasteiger partial charge in [-0.05, 0) is 42.1 Å². The van der Waals surface area contributed by atoms with Gasteiger partial charge in [-0.2, -0.15) is 79.0 Å². The maximum Gasteiger partial charge on any atom is 0.422 e. The number of halogens is 27. The zero-order chi connectivity index (χ0) is 47.4. The Kier molecular flexibility index (Phi) is 10.6. The molecular weight excluding hydrogens is 921 g/mol. The molecule has 0 amide bonds. The first kappa shape index (κ1) is 47.3. The van der Waals surface area contributed by atoms with E-state index in [1.807, 2.05) is 0 Å². The fourth-order valence-electron chi connectivity index (χ4n) is 7.91. The summed E-state index contributed by atoms with van der Waals surface area (Å²) in [5.41, 5.74) is -40.0. The number of rotatable bonds is 3. The lowest BCUT2D eigenvalue weighted by Gasteiger charge is -2.20. The van der Waals surface area contributed by atoms with Gasteiger partial charge in [-0.1, -0.05) is 6.92 Å². The Hall–Kier alpha value is -4.75. The topological polar surface area (TPSA) is 0 Å². The normalized spacial score (nSPS) is 21.7. The van der Waals surface area contributed by atoms with Gasteiger partial charge in [0.15, 0.2) is 52.4 Å². The maximum atomic E-state index is 15.6. The molecule has 1 spiro atoms. The molecule has 2 aliphatic rings. The predicted molar refractivity (Wildman–Crippen MR) is 148 cm³/mol. The van der Waals surface area contributed by atoms with Crippen molar-refractivity contribution in [1.82, 2.24) is 0 Å². The molecular formula is C34H11F27. The third kappa shape index (κ3) is 6.85. The predicted octanol–water partition coefficient (Wildman–Crippen LogP) is 14.7. The Balaban J connectivity index is 2.08. The average Bonchev–Trinajstić information content (AvgIpc) is 3.89. The molecule has 2 aliphatic carbocycles. The Morgan fingerprint density at radius 3 is 0.852 bits per heavy atom. The van der Waals surface area contributed by atoms with E-state index in [1.54, 1.807) is 0 Å². The van der Waals surface area contributed by atoms with Gasteiger partial charge in [0, 0.05) is 28.0 Å². The summed E-state index contributed by atoms with van der Waals surface area (Å²) in [5.74, 6) is -37.2. The zero-order valence-electron chi connectivity index (χ0n) is 28.9. The number of benzene rings is 3. The Bertz CT molecular complexity index is 2340. The molecule has 61 heavy (non-hydrogen) atoms. The van der Waals surface area contributed by atoms with Crippen molar-refractivity contribution in [3.63, 3.8) is 0 Å². The second-order valence-corrected chi connectivity index (χ2v) is 13.4. The van der Waals surface area contributed by atoms with E-state index in [2.05, 4.69) is 0 Å². The first-order valence-electron chi connectivity index (χ1n) is 15.6. The summed E-state index contributed by atoms with van der Waals surface area (Å²) in [5, 5.41) is 0. The molecule has 27 heteroatoms. The van der Waals surface area contributed by atoms with E-state index in [1.165, 1.54) is 0 Å². The molecule has 0 heterocycles. The molecule has 0 N–H and O–H groups in total. The molecule has 336 valence electrons. The van der Waals surface area contributed by atoms with Crippen LogP contribution in [0.2, 0.25) is 0 Å². The van der Waals surface area contributed by atoms with Crippen LogP contribution in [0.1, 0.15) is 76.8 Å². The molecule has 3 aromatic carbocycles. The number of hydrogen-bond donors (Lipinski definition) is 0. The lowest BCUT2D eigenvalue weighted by molar-refractivity contribution is -0.152. The number of allylic oxidation sites excluding steroid dienone is 4. The minimum absolute atomic E-state index is 0.0524. The van der Waals surface area contributed by atoms with Crippen LogP contribution in [-0.4, -0.2) is 0 Å². The first-order valence-corrected chi connectivity index (χ1v) is 15.6. The van der Waals surface area contributed by atoms with Gasteiger partial charge in [-0.15, -0.1) is 0 Å². The lowest BCUT2D eigenvalue weighted by Crippen LogP contribution is -2.22.